The van der Waals surface area contributed by atoms with Gasteiger partial charge >= 0.3 is 0 Å². The molecule has 0 bridgehead atoms. The number of carbonyl (C=O) groups is 2. The quantitative estimate of drug-likeness (QED) is 0.299. The molecule has 0 aliphatic heterocycles. The summed E-state index contributed by atoms with van der Waals surface area (Å²) in [5.41, 5.74) is 1.19. The maximum Gasteiger partial charge on any atom is 0.264 e. The van der Waals surface area contributed by atoms with Crippen LogP contribution in [0.4, 0.5) is 0 Å². The first-order valence-electron chi connectivity index (χ1n) is 11.6. The fourth-order valence-electron chi connectivity index (χ4n) is 3.60. The highest BCUT2D eigenvalue weighted by Crippen LogP contribution is 2.31. The number of fused-ring (bicyclic) bond motifs is 1. The molecule has 0 atom stereocenters. The van der Waals surface area contributed by atoms with Crippen molar-refractivity contribution in [3.05, 3.63) is 56.7 Å². The van der Waals surface area contributed by atoms with Gasteiger partial charge in [0, 0.05) is 25.0 Å². The first-order valence-corrected chi connectivity index (χ1v) is 13.4. The third-order valence-corrected chi connectivity index (χ3v) is 8.05. The Labute approximate surface area is 209 Å². The van der Waals surface area contributed by atoms with Gasteiger partial charge < -0.3 is 4.90 Å². The fraction of sp³-hybridized carbons (Fsp3) is 0.462. The highest BCUT2D eigenvalue weighted by molar-refractivity contribution is 7.99. The van der Waals surface area contributed by atoms with E-state index < -0.39 is 5.41 Å². The standard InChI is InChI=1S/C26H33N3O3S2/c1-7-28(8-2)24(32)21-17(3)20-22(34-21)27-25(33-16-19(30)26(4,5)6)29(23(20)31)15-14-18-12-10-9-11-13-18/h9-13H,7-8,14-16H2,1-6H3. The summed E-state index contributed by atoms with van der Waals surface area (Å²) >= 11 is 2.57. The smallest absolute Gasteiger partial charge is 0.264 e. The number of carbonyl (C=O) groups excluding carboxylic acids is 2. The van der Waals surface area contributed by atoms with Crippen molar-refractivity contribution < 1.29 is 9.59 Å². The van der Waals surface area contributed by atoms with E-state index in [9.17, 15) is 14.4 Å². The number of aryl methyl sites for hydroxylation is 2. The van der Waals surface area contributed by atoms with Crippen molar-refractivity contribution in [3.63, 3.8) is 0 Å². The number of Topliss-reactive ketones (excluding diaryl/α,β-unsaturated/α-hetero) is 1. The first kappa shape index (κ1) is 26.2. The van der Waals surface area contributed by atoms with Crippen LogP contribution in [0.15, 0.2) is 40.3 Å². The molecule has 3 aromatic rings. The number of aromatic nitrogens is 2. The lowest BCUT2D eigenvalue weighted by atomic mass is 9.92. The van der Waals surface area contributed by atoms with Crippen LogP contribution in [0.1, 0.15) is 55.4 Å². The van der Waals surface area contributed by atoms with Gasteiger partial charge in [0.25, 0.3) is 11.5 Å². The Morgan fingerprint density at radius 2 is 1.76 bits per heavy atom. The molecule has 2 aromatic heterocycles. The van der Waals surface area contributed by atoms with E-state index in [-0.39, 0.29) is 23.0 Å². The Bertz CT molecular complexity index is 1240. The van der Waals surface area contributed by atoms with Crippen LogP contribution in [-0.4, -0.2) is 45.0 Å². The molecule has 0 radical (unpaired) electrons. The van der Waals surface area contributed by atoms with Crippen LogP contribution < -0.4 is 5.56 Å². The molecule has 1 amide bonds. The lowest BCUT2D eigenvalue weighted by Gasteiger charge is -2.17. The van der Waals surface area contributed by atoms with Gasteiger partial charge in [-0.15, -0.1) is 11.3 Å². The van der Waals surface area contributed by atoms with Crippen LogP contribution in [0.2, 0.25) is 0 Å². The van der Waals surface area contributed by atoms with Gasteiger partial charge in [-0.05, 0) is 38.3 Å². The Kier molecular flexibility index (Phi) is 8.36. The molecule has 0 aliphatic carbocycles. The second kappa shape index (κ2) is 10.9. The minimum Gasteiger partial charge on any atom is -0.338 e. The SMILES string of the molecule is CCN(CC)C(=O)c1sc2nc(SCC(=O)C(C)(C)C)n(CCc3ccccc3)c(=O)c2c1C. The van der Waals surface area contributed by atoms with E-state index in [1.807, 2.05) is 71.9 Å². The molecular formula is C26H33N3O3S2. The first-order chi connectivity index (χ1) is 16.1. The van der Waals surface area contributed by atoms with E-state index in [2.05, 4.69) is 0 Å². The highest BCUT2D eigenvalue weighted by atomic mass is 32.2. The van der Waals surface area contributed by atoms with Crippen LogP contribution in [-0.2, 0) is 17.8 Å². The van der Waals surface area contributed by atoms with Crippen LogP contribution in [0.3, 0.4) is 0 Å². The van der Waals surface area contributed by atoms with E-state index in [0.717, 1.165) is 5.56 Å². The molecule has 0 saturated heterocycles. The van der Waals surface area contributed by atoms with Gasteiger partial charge in [-0.2, -0.15) is 0 Å². The molecule has 0 aliphatic rings. The summed E-state index contributed by atoms with van der Waals surface area (Å²) in [4.78, 5) is 47.0. The number of thiophene rings is 1. The molecule has 182 valence electrons. The van der Waals surface area contributed by atoms with E-state index in [0.29, 0.717) is 51.9 Å². The number of hydrogen-bond acceptors (Lipinski definition) is 6. The summed E-state index contributed by atoms with van der Waals surface area (Å²) in [7, 11) is 0. The number of rotatable bonds is 9. The van der Waals surface area contributed by atoms with Crippen LogP contribution >= 0.6 is 23.1 Å². The Balaban J connectivity index is 2.07. The van der Waals surface area contributed by atoms with Crippen LogP contribution in [0.5, 0.6) is 0 Å². The van der Waals surface area contributed by atoms with Crippen molar-refractivity contribution in [3.8, 4) is 0 Å². The predicted octanol–water partition coefficient (Wildman–Crippen LogP) is 5.20. The number of hydrogen-bond donors (Lipinski definition) is 0. The zero-order chi connectivity index (χ0) is 25.0. The van der Waals surface area contributed by atoms with Gasteiger partial charge in [0.1, 0.15) is 10.6 Å². The Morgan fingerprint density at radius 3 is 2.35 bits per heavy atom. The average molecular weight is 500 g/mol. The predicted molar refractivity (Wildman–Crippen MR) is 141 cm³/mol. The van der Waals surface area contributed by atoms with E-state index >= 15 is 0 Å². The summed E-state index contributed by atoms with van der Waals surface area (Å²) in [6.45, 7) is 13.1. The Morgan fingerprint density at radius 1 is 1.12 bits per heavy atom. The molecule has 1 aromatic carbocycles. The molecule has 0 spiro atoms. The van der Waals surface area contributed by atoms with Crippen LogP contribution in [0.25, 0.3) is 10.2 Å². The number of amides is 1. The summed E-state index contributed by atoms with van der Waals surface area (Å²) < 4.78 is 1.67. The normalized spacial score (nSPS) is 11.7. The Hall–Kier alpha value is -2.45. The molecule has 6 nitrogen and oxygen atoms in total. The number of ketones is 1. The fourth-order valence-corrected chi connectivity index (χ4v) is 5.97. The third kappa shape index (κ3) is 5.61. The molecule has 0 N–H and O–H groups in total. The molecule has 0 fully saturated rings. The number of thioether (sulfide) groups is 1. The minimum absolute atomic E-state index is 0.0714. The minimum atomic E-state index is -0.463. The molecule has 2 heterocycles. The van der Waals surface area contributed by atoms with Crippen molar-refractivity contribution in [1.82, 2.24) is 14.5 Å². The summed E-state index contributed by atoms with van der Waals surface area (Å²) in [6.07, 6.45) is 0.670. The lowest BCUT2D eigenvalue weighted by molar-refractivity contribution is -0.123. The van der Waals surface area contributed by atoms with Gasteiger partial charge in [0.15, 0.2) is 5.16 Å². The van der Waals surface area contributed by atoms with Crippen molar-refractivity contribution >= 4 is 45.0 Å². The van der Waals surface area contributed by atoms with Crippen molar-refractivity contribution in [2.75, 3.05) is 18.8 Å². The van der Waals surface area contributed by atoms with Gasteiger partial charge in [0.05, 0.1) is 16.0 Å². The zero-order valence-electron chi connectivity index (χ0n) is 20.8. The largest absolute Gasteiger partial charge is 0.338 e. The molecule has 8 heteroatoms. The second-order valence-electron chi connectivity index (χ2n) is 9.26. The van der Waals surface area contributed by atoms with E-state index in [4.69, 9.17) is 4.98 Å². The van der Waals surface area contributed by atoms with Crippen molar-refractivity contribution in [2.24, 2.45) is 5.41 Å². The van der Waals surface area contributed by atoms with Gasteiger partial charge in [0.2, 0.25) is 0 Å². The topological polar surface area (TPSA) is 72.3 Å². The zero-order valence-corrected chi connectivity index (χ0v) is 22.4. The molecule has 0 unspecified atom stereocenters. The average Bonchev–Trinajstić information content (AvgIpc) is 3.14. The summed E-state index contributed by atoms with van der Waals surface area (Å²) in [6, 6.07) is 9.98. The monoisotopic (exact) mass is 499 g/mol. The van der Waals surface area contributed by atoms with Gasteiger partial charge in [-0.1, -0.05) is 62.9 Å². The van der Waals surface area contributed by atoms with E-state index in [1.54, 1.807) is 9.47 Å². The summed E-state index contributed by atoms with van der Waals surface area (Å²) in [5.74, 6) is 0.265. The van der Waals surface area contributed by atoms with Crippen molar-refractivity contribution in [2.45, 2.75) is 59.7 Å². The summed E-state index contributed by atoms with van der Waals surface area (Å²) in [5, 5.41) is 1.02. The third-order valence-electron chi connectivity index (χ3n) is 5.90. The maximum absolute atomic E-state index is 13.7. The lowest BCUT2D eigenvalue weighted by Crippen LogP contribution is -2.30. The molecule has 3 rings (SSSR count). The molecular weight excluding hydrogens is 466 g/mol. The van der Waals surface area contributed by atoms with Gasteiger partial charge in [-0.3, -0.25) is 19.0 Å². The second-order valence-corrected chi connectivity index (χ2v) is 11.2. The van der Waals surface area contributed by atoms with E-state index in [1.165, 1.54) is 23.1 Å². The molecule has 0 saturated carbocycles. The number of benzene rings is 1. The van der Waals surface area contributed by atoms with Gasteiger partial charge in [-0.25, -0.2) is 4.98 Å². The number of nitrogens with zero attached hydrogens (tertiary/aromatic N) is 3. The van der Waals surface area contributed by atoms with Crippen LogP contribution in [0, 0.1) is 12.3 Å². The van der Waals surface area contributed by atoms with Crippen molar-refractivity contribution in [1.29, 1.82) is 0 Å². The highest BCUT2D eigenvalue weighted by Gasteiger charge is 2.26. The molecule has 34 heavy (non-hydrogen) atoms. The maximum atomic E-state index is 13.7.